The molecule has 1 atom stereocenters. The highest BCUT2D eigenvalue weighted by Gasteiger charge is 2.18. The molecule has 1 aromatic heterocycles. The van der Waals surface area contributed by atoms with E-state index in [1.165, 1.54) is 24.8 Å². The lowest BCUT2D eigenvalue weighted by molar-refractivity contribution is 0.382. The van der Waals surface area contributed by atoms with Crippen LogP contribution in [0.15, 0.2) is 36.9 Å². The van der Waals surface area contributed by atoms with Gasteiger partial charge >= 0.3 is 0 Å². The normalized spacial score (nSPS) is 12.1. The number of benzene rings is 1. The Hall–Kier alpha value is -1.97. The number of imidazole rings is 1. The van der Waals surface area contributed by atoms with Crippen molar-refractivity contribution in [3.8, 4) is 11.5 Å². The van der Waals surface area contributed by atoms with Gasteiger partial charge in [0.2, 0.25) is 0 Å². The molecule has 4 nitrogen and oxygen atoms in total. The standard InChI is InChI=1S/C17H24N2O2/c1-4-5-6-7-16(19-11-10-18-13-19)15-9-8-14(20-2)12-17(15)21-3/h8-13,16H,4-7H2,1-3H3. The zero-order chi connectivity index (χ0) is 15.1. The number of unbranched alkanes of at least 4 members (excludes halogenated alkanes) is 2. The number of rotatable bonds is 8. The lowest BCUT2D eigenvalue weighted by Gasteiger charge is -2.21. The fraction of sp³-hybridized carbons (Fsp3) is 0.471. The molecule has 1 aromatic carbocycles. The molecule has 0 aliphatic rings. The molecule has 0 aliphatic carbocycles. The summed E-state index contributed by atoms with van der Waals surface area (Å²) in [6.07, 6.45) is 10.4. The van der Waals surface area contributed by atoms with Crippen LogP contribution in [0.25, 0.3) is 0 Å². The predicted octanol–water partition coefficient (Wildman–Crippen LogP) is 4.07. The van der Waals surface area contributed by atoms with E-state index < -0.39 is 0 Å². The van der Waals surface area contributed by atoms with Crippen molar-refractivity contribution in [2.75, 3.05) is 14.2 Å². The van der Waals surface area contributed by atoms with Gasteiger partial charge in [0.05, 0.1) is 26.6 Å². The first kappa shape index (κ1) is 15.4. The second kappa shape index (κ2) is 7.72. The van der Waals surface area contributed by atoms with Crippen LogP contribution < -0.4 is 9.47 Å². The predicted molar refractivity (Wildman–Crippen MR) is 84.1 cm³/mol. The Morgan fingerprint density at radius 3 is 2.67 bits per heavy atom. The Labute approximate surface area is 126 Å². The molecule has 2 aromatic rings. The summed E-state index contributed by atoms with van der Waals surface area (Å²) in [5.41, 5.74) is 1.17. The quantitative estimate of drug-likeness (QED) is 0.687. The molecule has 0 spiro atoms. The Kier molecular flexibility index (Phi) is 5.67. The topological polar surface area (TPSA) is 36.3 Å². The minimum Gasteiger partial charge on any atom is -0.497 e. The SMILES string of the molecule is CCCCCC(c1ccc(OC)cc1OC)n1ccnc1. The maximum absolute atomic E-state index is 5.56. The minimum atomic E-state index is 0.250. The summed E-state index contributed by atoms with van der Waals surface area (Å²) in [4.78, 5) is 4.18. The van der Waals surface area contributed by atoms with E-state index >= 15 is 0 Å². The largest absolute Gasteiger partial charge is 0.497 e. The van der Waals surface area contributed by atoms with Gasteiger partial charge in [0.15, 0.2) is 0 Å². The third-order valence-electron chi connectivity index (χ3n) is 3.77. The van der Waals surface area contributed by atoms with Gasteiger partial charge in [-0.25, -0.2) is 4.98 Å². The summed E-state index contributed by atoms with van der Waals surface area (Å²) in [6.45, 7) is 2.22. The van der Waals surface area contributed by atoms with Gasteiger partial charge in [-0.05, 0) is 18.6 Å². The van der Waals surface area contributed by atoms with Crippen LogP contribution in [0.1, 0.15) is 44.2 Å². The van der Waals surface area contributed by atoms with Gasteiger partial charge in [-0.3, -0.25) is 0 Å². The molecule has 114 valence electrons. The first-order valence-corrected chi connectivity index (χ1v) is 7.49. The maximum atomic E-state index is 5.56. The number of aromatic nitrogens is 2. The van der Waals surface area contributed by atoms with Crippen molar-refractivity contribution >= 4 is 0 Å². The summed E-state index contributed by atoms with van der Waals surface area (Å²) in [6, 6.07) is 6.27. The van der Waals surface area contributed by atoms with Gasteiger partial charge < -0.3 is 14.0 Å². The molecular formula is C17H24N2O2. The Bertz CT molecular complexity index is 538. The van der Waals surface area contributed by atoms with E-state index in [-0.39, 0.29) is 6.04 Å². The highest BCUT2D eigenvalue weighted by atomic mass is 16.5. The average Bonchev–Trinajstić information content (AvgIpc) is 3.05. The van der Waals surface area contributed by atoms with Crippen molar-refractivity contribution in [1.29, 1.82) is 0 Å². The third kappa shape index (κ3) is 3.78. The van der Waals surface area contributed by atoms with E-state index in [9.17, 15) is 0 Å². The van der Waals surface area contributed by atoms with E-state index in [4.69, 9.17) is 9.47 Å². The highest BCUT2D eigenvalue weighted by Crippen LogP contribution is 2.34. The zero-order valence-electron chi connectivity index (χ0n) is 13.1. The molecule has 0 amide bonds. The van der Waals surface area contributed by atoms with Crippen molar-refractivity contribution in [3.05, 3.63) is 42.5 Å². The lowest BCUT2D eigenvalue weighted by Crippen LogP contribution is -2.10. The molecule has 0 saturated carbocycles. The second-order valence-electron chi connectivity index (χ2n) is 5.13. The zero-order valence-corrected chi connectivity index (χ0v) is 13.1. The Morgan fingerprint density at radius 2 is 2.05 bits per heavy atom. The molecule has 0 radical (unpaired) electrons. The van der Waals surface area contributed by atoms with E-state index in [0.29, 0.717) is 0 Å². The molecule has 1 unspecified atom stereocenters. The van der Waals surface area contributed by atoms with E-state index in [1.807, 2.05) is 30.9 Å². The van der Waals surface area contributed by atoms with Crippen molar-refractivity contribution in [2.45, 2.75) is 38.6 Å². The van der Waals surface area contributed by atoms with Crippen LogP contribution in [0, 0.1) is 0 Å². The van der Waals surface area contributed by atoms with Gasteiger partial charge in [-0.1, -0.05) is 26.2 Å². The van der Waals surface area contributed by atoms with Crippen LogP contribution in [0.3, 0.4) is 0 Å². The minimum absolute atomic E-state index is 0.250. The summed E-state index contributed by atoms with van der Waals surface area (Å²) >= 11 is 0. The van der Waals surface area contributed by atoms with Crippen LogP contribution >= 0.6 is 0 Å². The number of nitrogens with zero attached hydrogens (tertiary/aromatic N) is 2. The van der Waals surface area contributed by atoms with Gasteiger partial charge in [-0.15, -0.1) is 0 Å². The molecule has 0 aliphatic heterocycles. The van der Waals surface area contributed by atoms with Crippen LogP contribution in [-0.4, -0.2) is 23.8 Å². The van der Waals surface area contributed by atoms with Gasteiger partial charge in [0.1, 0.15) is 11.5 Å². The molecule has 1 heterocycles. The van der Waals surface area contributed by atoms with Crippen molar-refractivity contribution in [3.63, 3.8) is 0 Å². The first-order valence-electron chi connectivity index (χ1n) is 7.49. The average molecular weight is 288 g/mol. The van der Waals surface area contributed by atoms with Gasteiger partial charge in [0, 0.05) is 24.0 Å². The van der Waals surface area contributed by atoms with Crippen molar-refractivity contribution in [1.82, 2.24) is 9.55 Å². The summed E-state index contributed by atoms with van der Waals surface area (Å²) in [7, 11) is 3.37. The van der Waals surface area contributed by atoms with Crippen molar-refractivity contribution in [2.24, 2.45) is 0 Å². The first-order chi connectivity index (χ1) is 10.3. The molecule has 0 N–H and O–H groups in total. The molecule has 0 saturated heterocycles. The van der Waals surface area contributed by atoms with E-state index in [0.717, 1.165) is 17.9 Å². The number of ether oxygens (including phenoxy) is 2. The van der Waals surface area contributed by atoms with Crippen LogP contribution in [0.5, 0.6) is 11.5 Å². The van der Waals surface area contributed by atoms with Gasteiger partial charge in [0.25, 0.3) is 0 Å². The fourth-order valence-corrected chi connectivity index (χ4v) is 2.60. The molecular weight excluding hydrogens is 264 g/mol. The summed E-state index contributed by atoms with van der Waals surface area (Å²) < 4.78 is 13.0. The van der Waals surface area contributed by atoms with Crippen LogP contribution in [0.4, 0.5) is 0 Å². The molecule has 2 rings (SSSR count). The van der Waals surface area contributed by atoms with E-state index in [1.54, 1.807) is 14.2 Å². The summed E-state index contributed by atoms with van der Waals surface area (Å²) in [5.74, 6) is 1.68. The molecule has 0 fully saturated rings. The monoisotopic (exact) mass is 288 g/mol. The van der Waals surface area contributed by atoms with Crippen molar-refractivity contribution < 1.29 is 9.47 Å². The molecule has 0 bridgehead atoms. The maximum Gasteiger partial charge on any atom is 0.127 e. The highest BCUT2D eigenvalue weighted by molar-refractivity contribution is 5.42. The fourth-order valence-electron chi connectivity index (χ4n) is 2.60. The van der Waals surface area contributed by atoms with E-state index in [2.05, 4.69) is 22.5 Å². The molecule has 4 heteroatoms. The van der Waals surface area contributed by atoms with Crippen LogP contribution in [0.2, 0.25) is 0 Å². The van der Waals surface area contributed by atoms with Crippen LogP contribution in [-0.2, 0) is 0 Å². The summed E-state index contributed by atoms with van der Waals surface area (Å²) in [5, 5.41) is 0. The number of methoxy groups -OCH3 is 2. The molecule has 21 heavy (non-hydrogen) atoms. The van der Waals surface area contributed by atoms with Gasteiger partial charge in [-0.2, -0.15) is 0 Å². The Balaban J connectivity index is 2.31. The second-order valence-corrected chi connectivity index (χ2v) is 5.13. The number of hydrogen-bond acceptors (Lipinski definition) is 3. The Morgan fingerprint density at radius 1 is 1.19 bits per heavy atom. The number of hydrogen-bond donors (Lipinski definition) is 0. The third-order valence-corrected chi connectivity index (χ3v) is 3.77. The smallest absolute Gasteiger partial charge is 0.127 e. The lowest BCUT2D eigenvalue weighted by atomic mass is 9.99.